The van der Waals surface area contributed by atoms with Crippen LogP contribution in [0.5, 0.6) is 0 Å². The number of aromatic nitrogens is 1. The summed E-state index contributed by atoms with van der Waals surface area (Å²) in [7, 11) is -3.49. The lowest BCUT2D eigenvalue weighted by Gasteiger charge is -2.05. The molecule has 0 aliphatic rings. The van der Waals surface area contributed by atoms with Gasteiger partial charge in [-0.1, -0.05) is 6.07 Å². The Morgan fingerprint density at radius 2 is 2.15 bits per heavy atom. The number of hydrogen-bond acceptors (Lipinski definition) is 5. The smallest absolute Gasteiger partial charge is 0.335 e. The molecule has 0 atom stereocenters. The number of nitrogens with zero attached hydrogens (tertiary/aromatic N) is 1. The fourth-order valence-electron chi connectivity index (χ4n) is 1.73. The number of sulfone groups is 1. The molecule has 2 aromatic rings. The number of hydrogen-bond donors (Lipinski definition) is 1. The first-order valence-corrected chi connectivity index (χ1v) is 8.38. The molecule has 0 aliphatic carbocycles. The van der Waals surface area contributed by atoms with Crippen molar-refractivity contribution in [3.05, 3.63) is 45.9 Å². The molecule has 1 aromatic heterocycles. The standard InChI is InChI=1S/C13H13NO4S2/c1-9-12(19-8-14-9)5-6-20(17,18)11-4-2-3-10(7-11)13(15)16/h2-4,7-8H,5-6H2,1H3,(H,15,16). The third kappa shape index (κ3) is 3.23. The maximum absolute atomic E-state index is 12.2. The molecule has 0 saturated heterocycles. The second kappa shape index (κ2) is 5.72. The molecule has 5 nitrogen and oxygen atoms in total. The van der Waals surface area contributed by atoms with Gasteiger partial charge < -0.3 is 5.11 Å². The van der Waals surface area contributed by atoms with Crippen molar-refractivity contribution in [3.8, 4) is 0 Å². The van der Waals surface area contributed by atoms with E-state index in [9.17, 15) is 13.2 Å². The van der Waals surface area contributed by atoms with Crippen molar-refractivity contribution in [1.29, 1.82) is 0 Å². The third-order valence-electron chi connectivity index (χ3n) is 2.88. The molecule has 1 aromatic carbocycles. The van der Waals surface area contributed by atoms with Gasteiger partial charge in [0, 0.05) is 4.88 Å². The van der Waals surface area contributed by atoms with Gasteiger partial charge in [-0.25, -0.2) is 18.2 Å². The first-order chi connectivity index (χ1) is 9.40. The molecule has 0 saturated carbocycles. The summed E-state index contributed by atoms with van der Waals surface area (Å²) in [6.45, 7) is 1.84. The second-order valence-electron chi connectivity index (χ2n) is 4.26. The molecule has 106 valence electrons. The van der Waals surface area contributed by atoms with Crippen molar-refractivity contribution in [2.75, 3.05) is 5.75 Å². The van der Waals surface area contributed by atoms with Gasteiger partial charge in [0.05, 0.1) is 27.4 Å². The molecule has 7 heteroatoms. The first kappa shape index (κ1) is 14.7. The number of rotatable bonds is 5. The number of aromatic carboxylic acids is 1. The fourth-order valence-corrected chi connectivity index (χ4v) is 3.95. The Hall–Kier alpha value is -1.73. The van der Waals surface area contributed by atoms with Crippen LogP contribution in [0.4, 0.5) is 0 Å². The molecule has 0 radical (unpaired) electrons. The van der Waals surface area contributed by atoms with Crippen molar-refractivity contribution in [2.24, 2.45) is 0 Å². The van der Waals surface area contributed by atoms with E-state index in [-0.39, 0.29) is 16.2 Å². The number of thiazole rings is 1. The predicted molar refractivity (Wildman–Crippen MR) is 76.0 cm³/mol. The number of carboxylic acid groups (broad SMARTS) is 1. The number of carboxylic acids is 1. The van der Waals surface area contributed by atoms with Crippen LogP contribution in [-0.4, -0.2) is 30.2 Å². The molecule has 0 amide bonds. The maximum Gasteiger partial charge on any atom is 0.335 e. The summed E-state index contributed by atoms with van der Waals surface area (Å²) in [5, 5.41) is 8.89. The van der Waals surface area contributed by atoms with Crippen LogP contribution in [0.1, 0.15) is 20.9 Å². The van der Waals surface area contributed by atoms with Crippen LogP contribution in [-0.2, 0) is 16.3 Å². The van der Waals surface area contributed by atoms with Crippen LogP contribution < -0.4 is 0 Å². The van der Waals surface area contributed by atoms with E-state index < -0.39 is 15.8 Å². The van der Waals surface area contributed by atoms with Gasteiger partial charge in [0.15, 0.2) is 9.84 Å². The van der Waals surface area contributed by atoms with Gasteiger partial charge in [0.2, 0.25) is 0 Å². The maximum atomic E-state index is 12.2. The lowest BCUT2D eigenvalue weighted by atomic mass is 10.2. The highest BCUT2D eigenvalue weighted by Crippen LogP contribution is 2.18. The van der Waals surface area contributed by atoms with E-state index in [0.717, 1.165) is 10.6 Å². The predicted octanol–water partition coefficient (Wildman–Crippen LogP) is 2.17. The minimum Gasteiger partial charge on any atom is -0.478 e. The lowest BCUT2D eigenvalue weighted by Crippen LogP contribution is -2.10. The van der Waals surface area contributed by atoms with Gasteiger partial charge in [-0.3, -0.25) is 0 Å². The summed E-state index contributed by atoms with van der Waals surface area (Å²) in [4.78, 5) is 15.9. The van der Waals surface area contributed by atoms with Crippen LogP contribution in [0.2, 0.25) is 0 Å². The summed E-state index contributed by atoms with van der Waals surface area (Å²) in [6, 6.07) is 5.42. The van der Waals surface area contributed by atoms with E-state index in [4.69, 9.17) is 5.11 Å². The minimum absolute atomic E-state index is 0.0277. The topological polar surface area (TPSA) is 84.3 Å². The normalized spacial score (nSPS) is 11.4. The molecule has 1 heterocycles. The molecular formula is C13H13NO4S2. The highest BCUT2D eigenvalue weighted by Gasteiger charge is 2.17. The Morgan fingerprint density at radius 3 is 2.75 bits per heavy atom. The zero-order chi connectivity index (χ0) is 14.8. The molecule has 2 rings (SSSR count). The van der Waals surface area contributed by atoms with Gasteiger partial charge >= 0.3 is 5.97 Å². The van der Waals surface area contributed by atoms with Gasteiger partial charge in [-0.2, -0.15) is 0 Å². The lowest BCUT2D eigenvalue weighted by molar-refractivity contribution is 0.0696. The summed E-state index contributed by atoms with van der Waals surface area (Å²) in [6.07, 6.45) is 0.385. The number of aryl methyl sites for hydroxylation is 2. The number of benzene rings is 1. The molecule has 1 N–H and O–H groups in total. The van der Waals surface area contributed by atoms with E-state index >= 15 is 0 Å². The van der Waals surface area contributed by atoms with Crippen molar-refractivity contribution in [2.45, 2.75) is 18.2 Å². The van der Waals surface area contributed by atoms with Crippen molar-refractivity contribution >= 4 is 27.1 Å². The number of carbonyl (C=O) groups is 1. The van der Waals surface area contributed by atoms with Gasteiger partial charge in [0.1, 0.15) is 0 Å². The molecule has 0 bridgehead atoms. The minimum atomic E-state index is -3.49. The van der Waals surface area contributed by atoms with Crippen molar-refractivity contribution in [3.63, 3.8) is 0 Å². The highest BCUT2D eigenvalue weighted by atomic mass is 32.2. The van der Waals surface area contributed by atoms with E-state index in [1.165, 1.54) is 35.6 Å². The molecule has 0 fully saturated rings. The van der Waals surface area contributed by atoms with Gasteiger partial charge in [0.25, 0.3) is 0 Å². The van der Waals surface area contributed by atoms with Gasteiger partial charge in [-0.15, -0.1) is 11.3 Å². The van der Waals surface area contributed by atoms with Crippen molar-refractivity contribution in [1.82, 2.24) is 4.98 Å². The average Bonchev–Trinajstić information content (AvgIpc) is 2.82. The van der Waals surface area contributed by atoms with E-state index in [1.54, 1.807) is 5.51 Å². The molecule has 20 heavy (non-hydrogen) atoms. The monoisotopic (exact) mass is 311 g/mol. The summed E-state index contributed by atoms with van der Waals surface area (Å²) >= 11 is 1.42. The van der Waals surface area contributed by atoms with E-state index in [2.05, 4.69) is 4.98 Å². The Kier molecular flexibility index (Phi) is 4.20. The van der Waals surface area contributed by atoms with Gasteiger partial charge in [-0.05, 0) is 31.5 Å². The quantitative estimate of drug-likeness (QED) is 0.914. The Balaban J connectivity index is 2.20. The highest BCUT2D eigenvalue weighted by molar-refractivity contribution is 7.91. The third-order valence-corrected chi connectivity index (χ3v) is 5.59. The first-order valence-electron chi connectivity index (χ1n) is 5.85. The molecule has 0 aliphatic heterocycles. The van der Waals surface area contributed by atoms with Crippen LogP contribution in [0.25, 0.3) is 0 Å². The SMILES string of the molecule is Cc1ncsc1CCS(=O)(=O)c1cccc(C(=O)O)c1. The van der Waals surface area contributed by atoms with Crippen LogP contribution in [0, 0.1) is 6.92 Å². The zero-order valence-corrected chi connectivity index (χ0v) is 12.4. The van der Waals surface area contributed by atoms with Crippen molar-refractivity contribution < 1.29 is 18.3 Å². The van der Waals surface area contributed by atoms with Crippen LogP contribution >= 0.6 is 11.3 Å². The van der Waals surface area contributed by atoms with E-state index in [1.807, 2.05) is 6.92 Å². The fraction of sp³-hybridized carbons (Fsp3) is 0.231. The Labute approximate surface area is 120 Å². The summed E-state index contributed by atoms with van der Waals surface area (Å²) < 4.78 is 24.4. The van der Waals surface area contributed by atoms with Crippen LogP contribution in [0.15, 0.2) is 34.7 Å². The molecule has 0 unspecified atom stereocenters. The Morgan fingerprint density at radius 1 is 1.40 bits per heavy atom. The zero-order valence-electron chi connectivity index (χ0n) is 10.7. The molecule has 0 spiro atoms. The second-order valence-corrected chi connectivity index (χ2v) is 7.31. The van der Waals surface area contributed by atoms with Crippen LogP contribution in [0.3, 0.4) is 0 Å². The van der Waals surface area contributed by atoms with E-state index in [0.29, 0.717) is 6.42 Å². The largest absolute Gasteiger partial charge is 0.478 e. The average molecular weight is 311 g/mol. The Bertz CT molecular complexity index is 734. The summed E-state index contributed by atoms with van der Waals surface area (Å²) in [5.74, 6) is -1.20. The summed E-state index contributed by atoms with van der Waals surface area (Å²) in [5.41, 5.74) is 2.49. The molecular weight excluding hydrogens is 298 g/mol.